The van der Waals surface area contributed by atoms with Crippen LogP contribution in [0.15, 0.2) is 151 Å². The molecule has 1 aliphatic carbocycles. The lowest BCUT2D eigenvalue weighted by Gasteiger charge is -2.33. The van der Waals surface area contributed by atoms with Crippen LogP contribution in [0, 0.1) is 0 Å². The topological polar surface area (TPSA) is 38.1 Å². The molecule has 4 heteroatoms. The summed E-state index contributed by atoms with van der Waals surface area (Å²) in [5.41, 5.74) is 7.42. The van der Waals surface area contributed by atoms with Gasteiger partial charge in [0, 0.05) is 39.6 Å². The van der Waals surface area contributed by atoms with Crippen molar-refractivity contribution in [3.05, 3.63) is 168 Å². The summed E-state index contributed by atoms with van der Waals surface area (Å²) in [6.45, 7) is 0. The maximum absolute atomic E-state index is 12.6. The first-order valence-electron chi connectivity index (χ1n) is 14.2. The maximum atomic E-state index is 12.6. The summed E-state index contributed by atoms with van der Waals surface area (Å²) in [6.07, 6.45) is 11.9. The molecule has 0 bridgehead atoms. The SMILES string of the molecule is OC(C1=CCCC=C1)(c1ccccc1)c1ccncc1-c1ccc2c(c1)cc(-c1ccc(Cl)cc1)n2-c1ccccc1. The molecule has 1 atom stereocenters. The molecule has 204 valence electrons. The molecule has 0 fully saturated rings. The molecule has 0 radical (unpaired) electrons. The monoisotopic (exact) mass is 564 g/mol. The highest BCUT2D eigenvalue weighted by molar-refractivity contribution is 6.30. The Kier molecular flexibility index (Phi) is 6.83. The Hall–Kier alpha value is -4.70. The molecule has 0 spiro atoms. The number of allylic oxidation sites excluding steroid dienone is 2. The van der Waals surface area contributed by atoms with Gasteiger partial charge in [0.25, 0.3) is 0 Å². The predicted octanol–water partition coefficient (Wildman–Crippen LogP) is 9.53. The lowest BCUT2D eigenvalue weighted by Crippen LogP contribution is -2.30. The van der Waals surface area contributed by atoms with Crippen LogP contribution in [0.25, 0.3) is 39.0 Å². The second-order valence-corrected chi connectivity index (χ2v) is 11.1. The Morgan fingerprint density at radius 3 is 2.24 bits per heavy atom. The van der Waals surface area contributed by atoms with E-state index in [-0.39, 0.29) is 0 Å². The molecule has 6 aromatic rings. The number of benzene rings is 4. The normalized spacial score (nSPS) is 14.5. The third-order valence-electron chi connectivity index (χ3n) is 8.08. The van der Waals surface area contributed by atoms with Crippen LogP contribution in [0.1, 0.15) is 24.0 Å². The van der Waals surface area contributed by atoms with Crippen molar-refractivity contribution in [2.75, 3.05) is 0 Å². The van der Waals surface area contributed by atoms with Gasteiger partial charge in [-0.05, 0) is 83.6 Å². The highest BCUT2D eigenvalue weighted by Gasteiger charge is 2.37. The van der Waals surface area contributed by atoms with Gasteiger partial charge in [-0.25, -0.2) is 0 Å². The van der Waals surface area contributed by atoms with Crippen LogP contribution in [0.3, 0.4) is 0 Å². The summed E-state index contributed by atoms with van der Waals surface area (Å²) in [6, 6.07) is 38.9. The van der Waals surface area contributed by atoms with E-state index in [1.807, 2.05) is 60.8 Å². The summed E-state index contributed by atoms with van der Waals surface area (Å²) in [5.74, 6) is 0. The van der Waals surface area contributed by atoms with Crippen molar-refractivity contribution in [1.29, 1.82) is 0 Å². The summed E-state index contributed by atoms with van der Waals surface area (Å²) in [7, 11) is 0. The fourth-order valence-corrected chi connectivity index (χ4v) is 6.18. The molecule has 0 amide bonds. The van der Waals surface area contributed by atoms with Crippen molar-refractivity contribution >= 4 is 22.5 Å². The summed E-state index contributed by atoms with van der Waals surface area (Å²) >= 11 is 6.23. The average molecular weight is 565 g/mol. The number of halogens is 1. The number of hydrogen-bond donors (Lipinski definition) is 1. The van der Waals surface area contributed by atoms with Gasteiger partial charge in [-0.15, -0.1) is 0 Å². The Labute approximate surface area is 250 Å². The molecule has 4 aromatic carbocycles. The van der Waals surface area contributed by atoms with Gasteiger partial charge in [0.15, 0.2) is 0 Å². The van der Waals surface area contributed by atoms with Gasteiger partial charge in [0.1, 0.15) is 5.60 Å². The standard InChI is InChI=1S/C38H29ClN2O/c39-32-19-16-27(17-20-32)37-25-29-24-28(18-21-36(29)41(37)33-14-8-3-9-15-33)34-26-40-23-22-35(34)38(42,30-10-4-1-5-11-30)31-12-6-2-7-13-31/h1,3-6,8-26,42H,2,7H2. The molecule has 7 rings (SSSR count). The van der Waals surface area contributed by atoms with Crippen molar-refractivity contribution in [2.24, 2.45) is 0 Å². The molecule has 3 nitrogen and oxygen atoms in total. The number of aromatic nitrogens is 2. The van der Waals surface area contributed by atoms with Gasteiger partial charge in [0.05, 0.1) is 11.2 Å². The zero-order valence-electron chi connectivity index (χ0n) is 23.0. The van der Waals surface area contributed by atoms with Gasteiger partial charge in [0.2, 0.25) is 0 Å². The first-order chi connectivity index (χ1) is 20.6. The number of pyridine rings is 1. The number of nitrogens with zero attached hydrogens (tertiary/aromatic N) is 2. The summed E-state index contributed by atoms with van der Waals surface area (Å²) < 4.78 is 2.28. The lowest BCUT2D eigenvalue weighted by atomic mass is 9.76. The summed E-state index contributed by atoms with van der Waals surface area (Å²) in [4.78, 5) is 4.51. The number of para-hydroxylation sites is 1. The third kappa shape index (κ3) is 4.57. The van der Waals surface area contributed by atoms with Crippen LogP contribution in [0.4, 0.5) is 0 Å². The molecule has 1 aliphatic rings. The minimum Gasteiger partial charge on any atom is -0.376 e. The largest absolute Gasteiger partial charge is 0.376 e. The molecule has 1 N–H and O–H groups in total. The molecular formula is C38H29ClN2O. The fourth-order valence-electron chi connectivity index (χ4n) is 6.05. The number of aliphatic hydroxyl groups is 1. The molecule has 42 heavy (non-hydrogen) atoms. The quantitative estimate of drug-likeness (QED) is 0.219. The van der Waals surface area contributed by atoms with E-state index >= 15 is 0 Å². The number of hydrogen-bond acceptors (Lipinski definition) is 2. The lowest BCUT2D eigenvalue weighted by molar-refractivity contribution is 0.124. The molecule has 2 aromatic heterocycles. The van der Waals surface area contributed by atoms with E-state index in [0.717, 1.165) is 68.5 Å². The van der Waals surface area contributed by atoms with E-state index in [1.165, 1.54) is 0 Å². The van der Waals surface area contributed by atoms with Crippen molar-refractivity contribution in [3.8, 4) is 28.1 Å². The fraction of sp³-hybridized carbons (Fsp3) is 0.0789. The highest BCUT2D eigenvalue weighted by atomic mass is 35.5. The van der Waals surface area contributed by atoms with Crippen LogP contribution in [-0.2, 0) is 5.60 Å². The van der Waals surface area contributed by atoms with Gasteiger partial charge >= 0.3 is 0 Å². The van der Waals surface area contributed by atoms with E-state index in [1.54, 1.807) is 6.20 Å². The zero-order valence-corrected chi connectivity index (χ0v) is 23.7. The Balaban J connectivity index is 1.43. The van der Waals surface area contributed by atoms with Crippen LogP contribution in [-0.4, -0.2) is 14.7 Å². The number of fused-ring (bicyclic) bond motifs is 1. The van der Waals surface area contributed by atoms with Gasteiger partial charge in [-0.2, -0.15) is 0 Å². The van der Waals surface area contributed by atoms with Gasteiger partial charge in [-0.1, -0.05) is 96.6 Å². The van der Waals surface area contributed by atoms with Crippen molar-refractivity contribution in [2.45, 2.75) is 18.4 Å². The maximum Gasteiger partial charge on any atom is 0.140 e. The number of rotatable bonds is 6. The van der Waals surface area contributed by atoms with E-state index < -0.39 is 5.60 Å². The van der Waals surface area contributed by atoms with Crippen molar-refractivity contribution in [1.82, 2.24) is 9.55 Å². The van der Waals surface area contributed by atoms with Crippen molar-refractivity contribution in [3.63, 3.8) is 0 Å². The third-order valence-corrected chi connectivity index (χ3v) is 8.33. The predicted molar refractivity (Wildman–Crippen MR) is 173 cm³/mol. The second-order valence-electron chi connectivity index (χ2n) is 10.6. The van der Waals surface area contributed by atoms with E-state index in [0.29, 0.717) is 5.02 Å². The zero-order chi connectivity index (χ0) is 28.5. The molecule has 0 saturated carbocycles. The molecule has 0 aliphatic heterocycles. The van der Waals surface area contributed by atoms with Crippen LogP contribution in [0.5, 0.6) is 0 Å². The van der Waals surface area contributed by atoms with Gasteiger partial charge in [-0.3, -0.25) is 4.98 Å². The Bertz CT molecular complexity index is 1940. The first-order valence-corrected chi connectivity index (χ1v) is 14.6. The average Bonchev–Trinajstić information content (AvgIpc) is 3.45. The van der Waals surface area contributed by atoms with E-state index in [2.05, 4.69) is 88.4 Å². The highest BCUT2D eigenvalue weighted by Crippen LogP contribution is 2.44. The van der Waals surface area contributed by atoms with Crippen LogP contribution in [0.2, 0.25) is 5.02 Å². The molecular weight excluding hydrogens is 536 g/mol. The smallest absolute Gasteiger partial charge is 0.140 e. The van der Waals surface area contributed by atoms with E-state index in [4.69, 9.17) is 11.6 Å². The summed E-state index contributed by atoms with van der Waals surface area (Å²) in [5, 5.41) is 14.4. The molecule has 1 unspecified atom stereocenters. The minimum absolute atomic E-state index is 0.710. The minimum atomic E-state index is -1.32. The Morgan fingerprint density at radius 1 is 0.762 bits per heavy atom. The first kappa shape index (κ1) is 26.2. The van der Waals surface area contributed by atoms with Gasteiger partial charge < -0.3 is 9.67 Å². The van der Waals surface area contributed by atoms with Crippen LogP contribution < -0.4 is 0 Å². The molecule has 0 saturated heterocycles. The second kappa shape index (κ2) is 10.9. The van der Waals surface area contributed by atoms with E-state index in [9.17, 15) is 5.11 Å². The van der Waals surface area contributed by atoms with Crippen LogP contribution >= 0.6 is 11.6 Å². The molecule has 2 heterocycles. The Morgan fingerprint density at radius 2 is 1.50 bits per heavy atom. The van der Waals surface area contributed by atoms with Crippen molar-refractivity contribution < 1.29 is 5.11 Å².